The zero-order chi connectivity index (χ0) is 21.3. The van der Waals surface area contributed by atoms with Crippen LogP contribution in [0.25, 0.3) is 0 Å². The van der Waals surface area contributed by atoms with Crippen LogP contribution in [0, 0.1) is 0 Å². The fraction of sp³-hybridized carbons (Fsp3) is 0.286. The van der Waals surface area contributed by atoms with E-state index in [1.54, 1.807) is 16.8 Å². The van der Waals surface area contributed by atoms with Crippen molar-refractivity contribution in [3.63, 3.8) is 0 Å². The van der Waals surface area contributed by atoms with E-state index in [0.717, 1.165) is 27.0 Å². The van der Waals surface area contributed by atoms with Crippen LogP contribution in [-0.4, -0.2) is 41.5 Å². The quantitative estimate of drug-likeness (QED) is 0.457. The van der Waals surface area contributed by atoms with Crippen LogP contribution in [0.3, 0.4) is 0 Å². The Bertz CT molecular complexity index is 1150. The van der Waals surface area contributed by atoms with Gasteiger partial charge in [-0.25, -0.2) is 13.4 Å². The van der Waals surface area contributed by atoms with Crippen molar-refractivity contribution in [2.45, 2.75) is 25.6 Å². The molecule has 0 aliphatic carbocycles. The van der Waals surface area contributed by atoms with Gasteiger partial charge in [0.05, 0.1) is 24.8 Å². The molecule has 1 unspecified atom stereocenters. The van der Waals surface area contributed by atoms with Crippen molar-refractivity contribution in [2.75, 3.05) is 17.7 Å². The van der Waals surface area contributed by atoms with Gasteiger partial charge in [-0.05, 0) is 47.9 Å². The summed E-state index contributed by atoms with van der Waals surface area (Å²) in [5.41, 5.74) is 3.96. The molecular formula is C21H24BrCl3N4O2S. The highest BCUT2D eigenvalue weighted by Crippen LogP contribution is 2.33. The van der Waals surface area contributed by atoms with E-state index in [-0.39, 0.29) is 30.9 Å². The maximum absolute atomic E-state index is 12.8. The molecule has 32 heavy (non-hydrogen) atoms. The van der Waals surface area contributed by atoms with Crippen LogP contribution in [0.5, 0.6) is 0 Å². The zero-order valence-corrected chi connectivity index (χ0v) is 22.0. The highest BCUT2D eigenvalue weighted by molar-refractivity contribution is 9.10. The molecule has 0 spiro atoms. The van der Waals surface area contributed by atoms with Gasteiger partial charge >= 0.3 is 0 Å². The molecule has 174 valence electrons. The first-order valence-corrected chi connectivity index (χ1v) is 12.5. The Balaban J connectivity index is 0.00000181. The largest absolute Gasteiger partial charge is 0.364 e. The van der Waals surface area contributed by atoms with Gasteiger partial charge in [-0.1, -0.05) is 39.7 Å². The molecule has 1 aliphatic heterocycles. The minimum Gasteiger partial charge on any atom is -0.364 e. The van der Waals surface area contributed by atoms with Crippen molar-refractivity contribution >= 4 is 68.1 Å². The number of nitrogens with zero attached hydrogens (tertiary/aromatic N) is 3. The van der Waals surface area contributed by atoms with Crippen molar-refractivity contribution in [1.82, 2.24) is 14.3 Å². The van der Waals surface area contributed by atoms with Gasteiger partial charge in [0.2, 0.25) is 10.0 Å². The molecular weight excluding hydrogens is 559 g/mol. The third kappa shape index (κ3) is 6.40. The topological polar surface area (TPSA) is 69.3 Å². The van der Waals surface area contributed by atoms with Crippen molar-refractivity contribution in [3.05, 3.63) is 81.3 Å². The molecule has 1 aromatic heterocycles. The number of anilines is 1. The van der Waals surface area contributed by atoms with Gasteiger partial charge in [0, 0.05) is 40.5 Å². The van der Waals surface area contributed by atoms with Gasteiger partial charge < -0.3 is 9.88 Å². The van der Waals surface area contributed by atoms with Gasteiger partial charge in [0.1, 0.15) is 0 Å². The zero-order valence-electron chi connectivity index (χ0n) is 17.2. The Morgan fingerprint density at radius 2 is 2.00 bits per heavy atom. The van der Waals surface area contributed by atoms with E-state index in [1.807, 2.05) is 42.5 Å². The number of imidazole rings is 1. The van der Waals surface area contributed by atoms with Crippen LogP contribution < -0.4 is 4.90 Å². The van der Waals surface area contributed by atoms with Crippen molar-refractivity contribution < 1.29 is 8.42 Å². The van der Waals surface area contributed by atoms with E-state index in [2.05, 4.69) is 30.8 Å². The van der Waals surface area contributed by atoms with E-state index in [4.69, 9.17) is 11.6 Å². The molecule has 11 heteroatoms. The minimum absolute atomic E-state index is 0. The standard InChI is InChI=1S/C21H22BrClN4O2S.2ClH/c1-30(28,29)27-11-16-9-17(22)5-6-21(16)26(12-19-10-24-14-25-19)13-20(27)8-15-3-2-4-18(23)7-15;;/h2-7,9-10,14,20H,8,11-13H2,1H3,(H,24,25);2*1H. The lowest BCUT2D eigenvalue weighted by Gasteiger charge is -2.31. The molecule has 0 saturated heterocycles. The summed E-state index contributed by atoms with van der Waals surface area (Å²) < 4.78 is 28.1. The summed E-state index contributed by atoms with van der Waals surface area (Å²) in [6.45, 7) is 1.48. The molecule has 0 bridgehead atoms. The monoisotopic (exact) mass is 580 g/mol. The Morgan fingerprint density at radius 3 is 2.66 bits per heavy atom. The van der Waals surface area contributed by atoms with Crippen LogP contribution in [0.15, 0.2) is 59.5 Å². The lowest BCUT2D eigenvalue weighted by molar-refractivity contribution is 0.320. The van der Waals surface area contributed by atoms with E-state index in [0.29, 0.717) is 31.1 Å². The molecule has 0 saturated carbocycles. The molecule has 0 radical (unpaired) electrons. The molecule has 2 aromatic carbocycles. The number of H-pyrrole nitrogens is 1. The maximum Gasteiger partial charge on any atom is 0.211 e. The first-order valence-electron chi connectivity index (χ1n) is 9.51. The number of fused-ring (bicyclic) bond motifs is 1. The molecule has 1 atom stereocenters. The molecule has 0 fully saturated rings. The summed E-state index contributed by atoms with van der Waals surface area (Å²) in [7, 11) is -3.43. The smallest absolute Gasteiger partial charge is 0.211 e. The molecule has 6 nitrogen and oxygen atoms in total. The van der Waals surface area contributed by atoms with E-state index < -0.39 is 10.0 Å². The Labute approximate surface area is 214 Å². The fourth-order valence-corrected chi connectivity index (χ4v) is 5.62. The summed E-state index contributed by atoms with van der Waals surface area (Å²) in [4.78, 5) is 9.49. The highest BCUT2D eigenvalue weighted by atomic mass is 79.9. The molecule has 4 rings (SSSR count). The number of hydrogen-bond acceptors (Lipinski definition) is 4. The lowest BCUT2D eigenvalue weighted by atomic mass is 10.1. The molecule has 0 amide bonds. The number of nitrogens with one attached hydrogen (secondary N) is 1. The van der Waals surface area contributed by atoms with Crippen LogP contribution in [0.1, 0.15) is 16.8 Å². The average molecular weight is 583 g/mol. The molecule has 1 N–H and O–H groups in total. The second-order valence-corrected chi connectivity index (χ2v) is 10.8. The molecule has 2 heterocycles. The van der Waals surface area contributed by atoms with Gasteiger partial charge in [-0.2, -0.15) is 4.31 Å². The number of hydrogen-bond donors (Lipinski definition) is 1. The van der Waals surface area contributed by atoms with Gasteiger partial charge in [0.15, 0.2) is 0 Å². The van der Waals surface area contributed by atoms with Crippen LogP contribution in [-0.2, 0) is 29.5 Å². The maximum atomic E-state index is 12.8. The number of benzene rings is 2. The predicted molar refractivity (Wildman–Crippen MR) is 138 cm³/mol. The normalized spacial score (nSPS) is 16.5. The first-order chi connectivity index (χ1) is 14.3. The van der Waals surface area contributed by atoms with Gasteiger partial charge in [0.25, 0.3) is 0 Å². The van der Waals surface area contributed by atoms with E-state index in [1.165, 1.54) is 6.26 Å². The van der Waals surface area contributed by atoms with Crippen molar-refractivity contribution in [3.8, 4) is 0 Å². The number of rotatable bonds is 5. The second-order valence-electron chi connectivity index (χ2n) is 7.53. The Hall–Kier alpha value is -1.29. The highest BCUT2D eigenvalue weighted by Gasteiger charge is 2.33. The molecule has 1 aliphatic rings. The number of aromatic amines is 1. The third-order valence-electron chi connectivity index (χ3n) is 5.25. The van der Waals surface area contributed by atoms with E-state index in [9.17, 15) is 8.42 Å². The average Bonchev–Trinajstić information content (AvgIpc) is 3.12. The number of aromatic nitrogens is 2. The van der Waals surface area contributed by atoms with Gasteiger partial charge in [-0.3, -0.25) is 0 Å². The van der Waals surface area contributed by atoms with Crippen LogP contribution in [0.4, 0.5) is 5.69 Å². The summed E-state index contributed by atoms with van der Waals surface area (Å²) in [6.07, 6.45) is 5.30. The van der Waals surface area contributed by atoms with E-state index >= 15 is 0 Å². The van der Waals surface area contributed by atoms with Crippen LogP contribution in [0.2, 0.25) is 5.02 Å². The Morgan fingerprint density at radius 1 is 1.22 bits per heavy atom. The minimum atomic E-state index is -3.43. The number of halogens is 4. The summed E-state index contributed by atoms with van der Waals surface area (Å²) in [5.74, 6) is 0. The third-order valence-corrected chi connectivity index (χ3v) is 7.26. The number of sulfonamides is 1. The first kappa shape index (κ1) is 27.0. The lowest BCUT2D eigenvalue weighted by Crippen LogP contribution is -2.45. The SMILES string of the molecule is CS(=O)(=O)N1Cc2cc(Br)ccc2N(Cc2cnc[nH]2)CC1Cc1cccc(Cl)c1.Cl.Cl. The second kappa shape index (κ2) is 11.2. The van der Waals surface area contributed by atoms with Gasteiger partial charge in [-0.15, -0.1) is 24.8 Å². The predicted octanol–water partition coefficient (Wildman–Crippen LogP) is 5.06. The Kier molecular flexibility index (Phi) is 9.46. The summed E-state index contributed by atoms with van der Waals surface area (Å²) in [5, 5.41) is 0.647. The van der Waals surface area contributed by atoms with Crippen molar-refractivity contribution in [1.29, 1.82) is 0 Å². The van der Waals surface area contributed by atoms with Crippen LogP contribution >= 0.6 is 52.3 Å². The fourth-order valence-electron chi connectivity index (χ4n) is 3.95. The summed E-state index contributed by atoms with van der Waals surface area (Å²) >= 11 is 9.70. The molecule has 3 aromatic rings. The van der Waals surface area contributed by atoms with Crippen molar-refractivity contribution in [2.24, 2.45) is 0 Å². The summed E-state index contributed by atoms with van der Waals surface area (Å²) in [6, 6.07) is 13.4.